The highest BCUT2D eigenvalue weighted by atomic mass is 16.4. The maximum atomic E-state index is 10.3. The molecule has 0 rings (SSSR count). The van der Waals surface area contributed by atoms with Crippen molar-refractivity contribution < 1.29 is 39.9 Å². The molecule has 0 spiro atoms. The second-order valence-corrected chi connectivity index (χ2v) is 3.57. The van der Waals surface area contributed by atoms with Crippen LogP contribution in [0.25, 0.3) is 0 Å². The maximum Gasteiger partial charge on any atom is 0.336 e. The Morgan fingerprint density at radius 1 is 1.00 bits per heavy atom. The average Bonchev–Trinajstić information content (AvgIpc) is 1.98. The fraction of sp³-hybridized carbons (Fsp3) is 0.667. The molecule has 0 saturated carbocycles. The lowest BCUT2D eigenvalue weighted by atomic mass is 9.96. The molecular weight excluding hydrogens is 236 g/mol. The standard InChI is InChI=1S/C6H8O7.C3H8O/c7-3(8)1-6(13,5(11)12)2-4(9)10;1-3(2)4/h13H,1-2H2,(H,7,8)(H,9,10)(H,11,12);3-4H,1-2H3. The summed E-state index contributed by atoms with van der Waals surface area (Å²) in [6.07, 6.45) is -2.46. The highest BCUT2D eigenvalue weighted by Crippen LogP contribution is 2.15. The van der Waals surface area contributed by atoms with E-state index in [0.29, 0.717) is 0 Å². The Morgan fingerprint density at radius 3 is 1.35 bits per heavy atom. The number of rotatable bonds is 5. The van der Waals surface area contributed by atoms with Gasteiger partial charge in [0.2, 0.25) is 0 Å². The first-order valence-corrected chi connectivity index (χ1v) is 4.58. The summed E-state index contributed by atoms with van der Waals surface area (Å²) in [6.45, 7) is 3.44. The Labute approximate surface area is 97.1 Å². The molecule has 0 aliphatic carbocycles. The number of carboxylic acid groups (broad SMARTS) is 3. The molecule has 0 aliphatic heterocycles. The largest absolute Gasteiger partial charge is 0.481 e. The highest BCUT2D eigenvalue weighted by molar-refractivity contribution is 5.88. The molecule has 100 valence electrons. The van der Waals surface area contributed by atoms with Gasteiger partial charge in [-0.2, -0.15) is 0 Å². The first-order chi connectivity index (χ1) is 7.51. The normalized spacial score (nSPS) is 10.4. The van der Waals surface area contributed by atoms with Crippen molar-refractivity contribution in [2.24, 2.45) is 0 Å². The first kappa shape index (κ1) is 17.7. The topological polar surface area (TPSA) is 152 Å². The van der Waals surface area contributed by atoms with Gasteiger partial charge in [-0.25, -0.2) is 4.79 Å². The number of carbonyl (C=O) groups is 3. The molecule has 8 nitrogen and oxygen atoms in total. The molecule has 0 aromatic carbocycles. The Bertz CT molecular complexity index is 264. The first-order valence-electron chi connectivity index (χ1n) is 4.58. The summed E-state index contributed by atoms with van der Waals surface area (Å²) in [5.74, 6) is -5.02. The third kappa shape index (κ3) is 10.6. The monoisotopic (exact) mass is 252 g/mol. The van der Waals surface area contributed by atoms with Gasteiger partial charge in [-0.15, -0.1) is 0 Å². The molecule has 0 fully saturated rings. The van der Waals surface area contributed by atoms with Gasteiger partial charge in [0.05, 0.1) is 12.8 Å². The van der Waals surface area contributed by atoms with Crippen molar-refractivity contribution in [1.29, 1.82) is 0 Å². The third-order valence-corrected chi connectivity index (χ3v) is 1.29. The van der Waals surface area contributed by atoms with Gasteiger partial charge in [0.1, 0.15) is 0 Å². The smallest absolute Gasteiger partial charge is 0.336 e. The number of aliphatic hydroxyl groups excluding tert-OH is 1. The molecule has 0 amide bonds. The SMILES string of the molecule is CC(C)O.O=C(O)CC(O)(CC(=O)O)C(=O)O. The Morgan fingerprint density at radius 2 is 1.24 bits per heavy atom. The highest BCUT2D eigenvalue weighted by Gasteiger charge is 2.40. The predicted molar refractivity (Wildman–Crippen MR) is 54.4 cm³/mol. The molecule has 0 aromatic rings. The third-order valence-electron chi connectivity index (χ3n) is 1.29. The van der Waals surface area contributed by atoms with Crippen molar-refractivity contribution in [3.8, 4) is 0 Å². The van der Waals surface area contributed by atoms with E-state index in [0.717, 1.165) is 0 Å². The van der Waals surface area contributed by atoms with E-state index in [1.165, 1.54) is 0 Å². The van der Waals surface area contributed by atoms with Crippen LogP contribution in [0.1, 0.15) is 26.7 Å². The Balaban J connectivity index is 0. The molecule has 0 atom stereocenters. The van der Waals surface area contributed by atoms with E-state index >= 15 is 0 Å². The second kappa shape index (κ2) is 7.58. The molecule has 0 radical (unpaired) electrons. The molecule has 0 heterocycles. The number of aliphatic hydroxyl groups is 2. The van der Waals surface area contributed by atoms with Crippen LogP contribution in [0, 0.1) is 0 Å². The summed E-state index contributed by atoms with van der Waals surface area (Å²) in [4.78, 5) is 30.5. The van der Waals surface area contributed by atoms with Crippen LogP contribution in [-0.4, -0.2) is 55.1 Å². The van der Waals surface area contributed by atoms with Gasteiger partial charge >= 0.3 is 17.9 Å². The van der Waals surface area contributed by atoms with Crippen LogP contribution in [0.15, 0.2) is 0 Å². The summed E-state index contributed by atoms with van der Waals surface area (Å²) < 4.78 is 0. The van der Waals surface area contributed by atoms with Crippen LogP contribution in [0.4, 0.5) is 0 Å². The predicted octanol–water partition coefficient (Wildman–Crippen LogP) is -0.861. The van der Waals surface area contributed by atoms with Gasteiger partial charge in [0, 0.05) is 6.10 Å². The summed E-state index contributed by atoms with van der Waals surface area (Å²) in [5, 5.41) is 41.9. The van der Waals surface area contributed by atoms with Crippen LogP contribution in [0.5, 0.6) is 0 Å². The van der Waals surface area contributed by atoms with Crippen molar-refractivity contribution in [3.63, 3.8) is 0 Å². The van der Waals surface area contributed by atoms with Crippen molar-refractivity contribution in [1.82, 2.24) is 0 Å². The molecule has 0 aromatic heterocycles. The minimum Gasteiger partial charge on any atom is -0.481 e. The quantitative estimate of drug-likeness (QED) is 0.423. The summed E-state index contributed by atoms with van der Waals surface area (Å²) in [5.41, 5.74) is -2.74. The van der Waals surface area contributed by atoms with E-state index < -0.39 is 36.4 Å². The lowest BCUT2D eigenvalue weighted by Crippen LogP contribution is -2.42. The van der Waals surface area contributed by atoms with Gasteiger partial charge in [-0.3, -0.25) is 9.59 Å². The van der Waals surface area contributed by atoms with E-state index in [9.17, 15) is 14.4 Å². The van der Waals surface area contributed by atoms with Crippen LogP contribution in [-0.2, 0) is 14.4 Å². The molecule has 17 heavy (non-hydrogen) atoms. The van der Waals surface area contributed by atoms with Gasteiger partial charge in [-0.05, 0) is 13.8 Å². The number of aliphatic carboxylic acids is 3. The molecule has 0 unspecified atom stereocenters. The van der Waals surface area contributed by atoms with Crippen molar-refractivity contribution >= 4 is 17.9 Å². The molecule has 8 heteroatoms. The van der Waals surface area contributed by atoms with Crippen molar-refractivity contribution in [3.05, 3.63) is 0 Å². The van der Waals surface area contributed by atoms with E-state index in [1.807, 2.05) is 0 Å². The molecule has 5 N–H and O–H groups in total. The zero-order valence-corrected chi connectivity index (χ0v) is 9.45. The van der Waals surface area contributed by atoms with Crippen molar-refractivity contribution in [2.45, 2.75) is 38.4 Å². The number of hydrogen-bond donors (Lipinski definition) is 5. The molecule has 0 bridgehead atoms. The van der Waals surface area contributed by atoms with Gasteiger partial charge in [-0.1, -0.05) is 0 Å². The lowest BCUT2D eigenvalue weighted by Gasteiger charge is -2.18. The van der Waals surface area contributed by atoms with E-state index in [1.54, 1.807) is 13.8 Å². The van der Waals surface area contributed by atoms with E-state index in [-0.39, 0.29) is 6.10 Å². The van der Waals surface area contributed by atoms with Crippen LogP contribution >= 0.6 is 0 Å². The Hall–Kier alpha value is -1.67. The Kier molecular flexibility index (Phi) is 7.90. The summed E-state index contributed by atoms with van der Waals surface area (Å²) in [6, 6.07) is 0. The van der Waals surface area contributed by atoms with Crippen LogP contribution < -0.4 is 0 Å². The fourth-order valence-corrected chi connectivity index (χ4v) is 0.714. The van der Waals surface area contributed by atoms with Crippen LogP contribution in [0.3, 0.4) is 0 Å². The number of hydrogen-bond acceptors (Lipinski definition) is 5. The lowest BCUT2D eigenvalue weighted by molar-refractivity contribution is -0.170. The summed E-state index contributed by atoms with van der Waals surface area (Å²) >= 11 is 0. The van der Waals surface area contributed by atoms with E-state index in [2.05, 4.69) is 0 Å². The van der Waals surface area contributed by atoms with E-state index in [4.69, 9.17) is 25.5 Å². The molecule has 0 saturated heterocycles. The van der Waals surface area contributed by atoms with Crippen LogP contribution in [0.2, 0.25) is 0 Å². The average molecular weight is 252 g/mol. The zero-order chi connectivity index (χ0) is 14.2. The molecule has 0 aliphatic rings. The second-order valence-electron chi connectivity index (χ2n) is 3.57. The maximum absolute atomic E-state index is 10.3. The van der Waals surface area contributed by atoms with Crippen molar-refractivity contribution in [2.75, 3.05) is 0 Å². The fourth-order valence-electron chi connectivity index (χ4n) is 0.714. The van der Waals surface area contributed by atoms with Gasteiger partial charge < -0.3 is 25.5 Å². The van der Waals surface area contributed by atoms with Gasteiger partial charge in [0.15, 0.2) is 5.60 Å². The minimum atomic E-state index is -2.74. The summed E-state index contributed by atoms with van der Waals surface area (Å²) in [7, 11) is 0. The zero-order valence-electron chi connectivity index (χ0n) is 9.45. The molecular formula is C9H16O8. The minimum absolute atomic E-state index is 0.167. The van der Waals surface area contributed by atoms with Gasteiger partial charge in [0.25, 0.3) is 0 Å². The number of carboxylic acids is 3.